The minimum Gasteiger partial charge on any atom is -0.450 e. The van der Waals surface area contributed by atoms with Gasteiger partial charge in [-0.3, -0.25) is 10.1 Å². The van der Waals surface area contributed by atoms with Crippen LogP contribution in [0, 0.1) is 10.1 Å². The largest absolute Gasteiger partial charge is 0.506 e. The molecule has 0 bridgehead atoms. The van der Waals surface area contributed by atoms with Crippen molar-refractivity contribution >= 4 is 24.5 Å². The molecule has 1 unspecified atom stereocenters. The lowest BCUT2D eigenvalue weighted by Gasteiger charge is -2.13. The Morgan fingerprint density at radius 1 is 1.50 bits per heavy atom. The molecule has 1 aromatic carbocycles. The molecule has 0 saturated carbocycles. The van der Waals surface area contributed by atoms with Gasteiger partial charge in [0.15, 0.2) is 0 Å². The fraction of sp³-hybridized carbons (Fsp3) is 0.222. The first-order chi connectivity index (χ1) is 7.54. The van der Waals surface area contributed by atoms with E-state index in [1.165, 1.54) is 24.3 Å². The summed E-state index contributed by atoms with van der Waals surface area (Å²) >= 11 is 3.95. The van der Waals surface area contributed by atoms with Crippen LogP contribution in [0.3, 0.4) is 0 Å². The average Bonchev–Trinajstić information content (AvgIpc) is 2.25. The van der Waals surface area contributed by atoms with Crippen molar-refractivity contribution in [1.82, 2.24) is 0 Å². The summed E-state index contributed by atoms with van der Waals surface area (Å²) in [5.74, 6) is 0.171. The third-order valence-electron chi connectivity index (χ3n) is 1.88. The molecular weight excluding hydrogens is 234 g/mol. The molecule has 1 aromatic rings. The number of nitro benzene ring substituents is 1. The topological polar surface area (TPSA) is 89.7 Å². The molecule has 0 fully saturated rings. The van der Waals surface area contributed by atoms with E-state index >= 15 is 0 Å². The van der Waals surface area contributed by atoms with E-state index in [4.69, 9.17) is 5.11 Å². The number of carbonyl (C=O) groups is 1. The van der Waals surface area contributed by atoms with Crippen LogP contribution in [-0.2, 0) is 4.74 Å². The van der Waals surface area contributed by atoms with Gasteiger partial charge < -0.3 is 9.84 Å². The third kappa shape index (κ3) is 3.13. The molecule has 0 aliphatic carbocycles. The number of hydrogen-bond acceptors (Lipinski definition) is 5. The smallest absolute Gasteiger partial charge is 0.450 e. The molecule has 0 aliphatic rings. The number of ether oxygens (including phenoxy) is 1. The summed E-state index contributed by atoms with van der Waals surface area (Å²) in [6, 6.07) is 5.47. The van der Waals surface area contributed by atoms with Crippen LogP contribution in [0.5, 0.6) is 0 Å². The summed E-state index contributed by atoms with van der Waals surface area (Å²) in [6.45, 7) is 0. The van der Waals surface area contributed by atoms with Crippen LogP contribution < -0.4 is 0 Å². The average molecular weight is 243 g/mol. The van der Waals surface area contributed by atoms with Crippen molar-refractivity contribution < 1.29 is 19.6 Å². The van der Waals surface area contributed by atoms with Crippen LogP contribution in [0.2, 0.25) is 0 Å². The van der Waals surface area contributed by atoms with E-state index < -0.39 is 17.2 Å². The highest BCUT2D eigenvalue weighted by Crippen LogP contribution is 2.21. The van der Waals surface area contributed by atoms with Crippen molar-refractivity contribution in [3.63, 3.8) is 0 Å². The van der Waals surface area contributed by atoms with E-state index in [1.807, 2.05) is 0 Å². The second-order valence-electron chi connectivity index (χ2n) is 2.90. The number of hydrogen-bond donors (Lipinski definition) is 2. The maximum atomic E-state index is 10.4. The molecule has 0 radical (unpaired) electrons. The van der Waals surface area contributed by atoms with Gasteiger partial charge in [-0.25, -0.2) is 4.79 Å². The lowest BCUT2D eigenvalue weighted by atomic mass is 10.1. The van der Waals surface area contributed by atoms with E-state index in [-0.39, 0.29) is 11.4 Å². The molecule has 86 valence electrons. The van der Waals surface area contributed by atoms with Crippen LogP contribution in [0.25, 0.3) is 0 Å². The lowest BCUT2D eigenvalue weighted by Crippen LogP contribution is -2.10. The van der Waals surface area contributed by atoms with Crippen LogP contribution in [0.15, 0.2) is 24.3 Å². The predicted octanol–water partition coefficient (Wildman–Crippen LogP) is 2.26. The first-order valence-electron chi connectivity index (χ1n) is 4.29. The van der Waals surface area contributed by atoms with E-state index in [1.54, 1.807) is 0 Å². The maximum absolute atomic E-state index is 10.4. The molecule has 6 nitrogen and oxygen atoms in total. The van der Waals surface area contributed by atoms with Gasteiger partial charge in [0.25, 0.3) is 5.69 Å². The molecule has 7 heteroatoms. The fourth-order valence-corrected chi connectivity index (χ4v) is 1.43. The molecule has 0 spiro atoms. The van der Waals surface area contributed by atoms with Gasteiger partial charge in [0, 0.05) is 17.9 Å². The Balaban J connectivity index is 2.86. The highest BCUT2D eigenvalue weighted by atomic mass is 32.1. The summed E-state index contributed by atoms with van der Waals surface area (Å²) in [4.78, 5) is 20.2. The first-order valence-corrected chi connectivity index (χ1v) is 4.92. The van der Waals surface area contributed by atoms with Gasteiger partial charge in [0.1, 0.15) is 6.10 Å². The quantitative estimate of drug-likeness (QED) is 0.366. The molecule has 1 atom stereocenters. The van der Waals surface area contributed by atoms with Gasteiger partial charge >= 0.3 is 6.16 Å². The number of nitrogens with zero attached hydrogens (tertiary/aromatic N) is 1. The molecule has 1 rings (SSSR count). The lowest BCUT2D eigenvalue weighted by molar-refractivity contribution is -0.384. The Morgan fingerprint density at radius 2 is 2.06 bits per heavy atom. The number of non-ortho nitro benzene ring substituents is 1. The van der Waals surface area contributed by atoms with Crippen molar-refractivity contribution in [2.75, 3.05) is 5.75 Å². The summed E-state index contributed by atoms with van der Waals surface area (Å²) in [7, 11) is 0. The number of carboxylic acid groups (broad SMARTS) is 1. The molecule has 0 saturated heterocycles. The van der Waals surface area contributed by atoms with E-state index in [0.717, 1.165) is 0 Å². The molecule has 0 amide bonds. The van der Waals surface area contributed by atoms with Crippen molar-refractivity contribution in [2.45, 2.75) is 6.10 Å². The van der Waals surface area contributed by atoms with E-state index in [2.05, 4.69) is 17.4 Å². The van der Waals surface area contributed by atoms with Gasteiger partial charge in [0.05, 0.1) is 4.92 Å². The van der Waals surface area contributed by atoms with Crippen molar-refractivity contribution in [1.29, 1.82) is 0 Å². The van der Waals surface area contributed by atoms with Crippen LogP contribution in [-0.4, -0.2) is 21.9 Å². The fourth-order valence-electron chi connectivity index (χ4n) is 1.14. The zero-order chi connectivity index (χ0) is 12.1. The Morgan fingerprint density at radius 3 is 2.44 bits per heavy atom. The Labute approximate surface area is 96.4 Å². The van der Waals surface area contributed by atoms with E-state index in [9.17, 15) is 14.9 Å². The van der Waals surface area contributed by atoms with Crippen LogP contribution >= 0.6 is 12.6 Å². The van der Waals surface area contributed by atoms with Gasteiger partial charge in [-0.2, -0.15) is 12.6 Å². The molecule has 0 aromatic heterocycles. The number of benzene rings is 1. The van der Waals surface area contributed by atoms with Crippen molar-refractivity contribution in [3.05, 3.63) is 39.9 Å². The van der Waals surface area contributed by atoms with Gasteiger partial charge in [-0.15, -0.1) is 0 Å². The molecule has 0 heterocycles. The molecule has 0 aliphatic heterocycles. The summed E-state index contributed by atoms with van der Waals surface area (Å²) in [6.07, 6.45) is -2.13. The summed E-state index contributed by atoms with van der Waals surface area (Å²) in [5.41, 5.74) is 0.472. The molecule has 16 heavy (non-hydrogen) atoms. The summed E-state index contributed by atoms with van der Waals surface area (Å²) < 4.78 is 4.56. The first kappa shape index (κ1) is 12.3. The monoisotopic (exact) mass is 243 g/mol. The highest BCUT2D eigenvalue weighted by Gasteiger charge is 2.15. The Kier molecular flexibility index (Phi) is 4.12. The second-order valence-corrected chi connectivity index (χ2v) is 3.27. The van der Waals surface area contributed by atoms with Gasteiger partial charge in [-0.05, 0) is 17.7 Å². The SMILES string of the molecule is O=C(O)OC(CS)c1ccc([N+](=O)[O-])cc1. The van der Waals surface area contributed by atoms with Gasteiger partial charge in [-0.1, -0.05) is 0 Å². The van der Waals surface area contributed by atoms with Crippen molar-refractivity contribution in [3.8, 4) is 0 Å². The Bertz CT molecular complexity index is 391. The van der Waals surface area contributed by atoms with Crippen LogP contribution in [0.4, 0.5) is 10.5 Å². The third-order valence-corrected chi connectivity index (χ3v) is 2.22. The minimum atomic E-state index is -1.41. The number of rotatable bonds is 4. The molecular formula is C9H9NO5S. The van der Waals surface area contributed by atoms with Gasteiger partial charge in [0.2, 0.25) is 0 Å². The second kappa shape index (κ2) is 5.36. The van der Waals surface area contributed by atoms with Crippen molar-refractivity contribution in [2.24, 2.45) is 0 Å². The predicted molar refractivity (Wildman–Crippen MR) is 58.8 cm³/mol. The number of thiol groups is 1. The van der Waals surface area contributed by atoms with E-state index in [0.29, 0.717) is 5.56 Å². The highest BCUT2D eigenvalue weighted by molar-refractivity contribution is 7.80. The normalized spacial score (nSPS) is 11.8. The minimum absolute atomic E-state index is 0.0583. The Hall–Kier alpha value is -1.76. The maximum Gasteiger partial charge on any atom is 0.506 e. The van der Waals surface area contributed by atoms with Crippen LogP contribution in [0.1, 0.15) is 11.7 Å². The zero-order valence-electron chi connectivity index (χ0n) is 8.07. The zero-order valence-corrected chi connectivity index (χ0v) is 8.96. The molecule has 1 N–H and O–H groups in total. The standard InChI is InChI=1S/C9H9NO5S/c11-9(12)15-8(5-16)6-1-3-7(4-2-6)10(13)14/h1-4,8,16H,5H2,(H,11,12). The summed E-state index contributed by atoms with van der Waals surface area (Å²) in [5, 5.41) is 18.8. The number of nitro groups is 1.